The minimum atomic E-state index is 0.858. The van der Waals surface area contributed by atoms with Gasteiger partial charge in [0, 0.05) is 25.0 Å². The van der Waals surface area contributed by atoms with Crippen molar-refractivity contribution >= 4 is 5.69 Å². The van der Waals surface area contributed by atoms with Crippen LogP contribution in [0.2, 0.25) is 0 Å². The maximum atomic E-state index is 5.35. The van der Waals surface area contributed by atoms with Crippen LogP contribution in [0.1, 0.15) is 19.0 Å². The van der Waals surface area contributed by atoms with Crippen molar-refractivity contribution < 1.29 is 4.74 Å². The molecule has 0 amide bonds. The van der Waals surface area contributed by atoms with E-state index in [-0.39, 0.29) is 0 Å². The highest BCUT2D eigenvalue weighted by atomic mass is 16.5. The molecular weight excluding hydrogens is 176 g/mol. The molecule has 1 N–H and O–H groups in total. The van der Waals surface area contributed by atoms with Crippen molar-refractivity contribution in [2.45, 2.75) is 19.8 Å². The van der Waals surface area contributed by atoms with Gasteiger partial charge >= 0.3 is 0 Å². The van der Waals surface area contributed by atoms with E-state index in [9.17, 15) is 0 Å². The summed E-state index contributed by atoms with van der Waals surface area (Å²) in [6, 6.07) is 2.18. The molecule has 2 rings (SSSR count). The van der Waals surface area contributed by atoms with Gasteiger partial charge in [-0.2, -0.15) is 0 Å². The number of aromatic amines is 1. The zero-order valence-electron chi connectivity index (χ0n) is 8.75. The molecule has 1 aliphatic rings. The summed E-state index contributed by atoms with van der Waals surface area (Å²) >= 11 is 0. The molecule has 0 saturated carbocycles. The van der Waals surface area contributed by atoms with E-state index in [1.807, 2.05) is 6.20 Å². The van der Waals surface area contributed by atoms with Crippen molar-refractivity contribution in [1.82, 2.24) is 4.98 Å². The van der Waals surface area contributed by atoms with E-state index < -0.39 is 0 Å². The van der Waals surface area contributed by atoms with Gasteiger partial charge in [0.05, 0.1) is 18.9 Å². The molecule has 0 atom stereocenters. The smallest absolute Gasteiger partial charge is 0.0642 e. The first-order chi connectivity index (χ1) is 6.92. The number of H-pyrrole nitrogens is 1. The highest BCUT2D eigenvalue weighted by Gasteiger charge is 2.14. The summed E-state index contributed by atoms with van der Waals surface area (Å²) in [7, 11) is 0. The summed E-state index contributed by atoms with van der Waals surface area (Å²) in [5.74, 6) is 0. The fourth-order valence-electron chi connectivity index (χ4n) is 1.95. The number of aromatic nitrogens is 1. The van der Waals surface area contributed by atoms with Crippen LogP contribution in [0.3, 0.4) is 0 Å². The Morgan fingerprint density at radius 1 is 1.43 bits per heavy atom. The van der Waals surface area contributed by atoms with Crippen molar-refractivity contribution in [3.05, 3.63) is 18.0 Å². The number of rotatable bonds is 3. The number of nitrogens with zero attached hydrogens (tertiary/aromatic N) is 1. The number of morpholine rings is 1. The van der Waals surface area contributed by atoms with E-state index in [1.165, 1.54) is 17.8 Å². The number of ether oxygens (including phenoxy) is 1. The quantitative estimate of drug-likeness (QED) is 0.794. The molecule has 0 spiro atoms. The lowest BCUT2D eigenvalue weighted by atomic mass is 10.2. The Kier molecular flexibility index (Phi) is 3.09. The summed E-state index contributed by atoms with van der Waals surface area (Å²) in [5, 5.41) is 0. The van der Waals surface area contributed by atoms with Crippen LogP contribution < -0.4 is 4.90 Å². The Labute approximate surface area is 85.1 Å². The molecule has 0 aliphatic carbocycles. The maximum Gasteiger partial charge on any atom is 0.0642 e. The Bertz CT molecular complexity index is 277. The molecule has 14 heavy (non-hydrogen) atoms. The van der Waals surface area contributed by atoms with Crippen LogP contribution in [0.15, 0.2) is 12.3 Å². The Morgan fingerprint density at radius 3 is 2.93 bits per heavy atom. The lowest BCUT2D eigenvalue weighted by Crippen LogP contribution is -2.36. The number of anilines is 1. The molecule has 1 fully saturated rings. The molecule has 1 aliphatic heterocycles. The number of hydrogen-bond acceptors (Lipinski definition) is 2. The fourth-order valence-corrected chi connectivity index (χ4v) is 1.95. The van der Waals surface area contributed by atoms with Gasteiger partial charge in [-0.1, -0.05) is 13.3 Å². The second-order valence-corrected chi connectivity index (χ2v) is 3.69. The van der Waals surface area contributed by atoms with Crippen LogP contribution in [-0.2, 0) is 11.2 Å². The van der Waals surface area contributed by atoms with Gasteiger partial charge in [-0.15, -0.1) is 0 Å². The van der Waals surface area contributed by atoms with E-state index in [0.717, 1.165) is 32.7 Å². The maximum absolute atomic E-state index is 5.35. The zero-order chi connectivity index (χ0) is 9.80. The molecule has 3 nitrogen and oxygen atoms in total. The van der Waals surface area contributed by atoms with Gasteiger partial charge in [0.25, 0.3) is 0 Å². The zero-order valence-corrected chi connectivity index (χ0v) is 8.75. The third kappa shape index (κ3) is 1.93. The fraction of sp³-hybridized carbons (Fsp3) is 0.636. The van der Waals surface area contributed by atoms with Gasteiger partial charge in [-0.05, 0) is 12.5 Å². The van der Waals surface area contributed by atoms with Crippen LogP contribution in [0.5, 0.6) is 0 Å². The summed E-state index contributed by atoms with van der Waals surface area (Å²) < 4.78 is 5.35. The van der Waals surface area contributed by atoms with Gasteiger partial charge in [0.1, 0.15) is 0 Å². The van der Waals surface area contributed by atoms with Crippen molar-refractivity contribution in [2.24, 2.45) is 0 Å². The normalized spacial score (nSPS) is 17.4. The molecule has 0 radical (unpaired) electrons. The first-order valence-corrected chi connectivity index (χ1v) is 5.40. The summed E-state index contributed by atoms with van der Waals surface area (Å²) in [6.45, 7) is 5.97. The van der Waals surface area contributed by atoms with Gasteiger partial charge in [0.2, 0.25) is 0 Å². The third-order valence-electron chi connectivity index (χ3n) is 2.66. The average molecular weight is 194 g/mol. The molecule has 2 heterocycles. The van der Waals surface area contributed by atoms with Gasteiger partial charge in [-0.25, -0.2) is 0 Å². The molecule has 1 aromatic heterocycles. The topological polar surface area (TPSA) is 28.3 Å². The van der Waals surface area contributed by atoms with E-state index in [4.69, 9.17) is 4.74 Å². The highest BCUT2D eigenvalue weighted by molar-refractivity contribution is 5.51. The van der Waals surface area contributed by atoms with Gasteiger partial charge < -0.3 is 14.6 Å². The lowest BCUT2D eigenvalue weighted by molar-refractivity contribution is 0.122. The molecule has 1 saturated heterocycles. The molecule has 78 valence electrons. The van der Waals surface area contributed by atoms with Crippen LogP contribution >= 0.6 is 0 Å². The molecule has 0 unspecified atom stereocenters. The van der Waals surface area contributed by atoms with E-state index in [0.29, 0.717) is 0 Å². The van der Waals surface area contributed by atoms with E-state index in [2.05, 4.69) is 22.9 Å². The van der Waals surface area contributed by atoms with Crippen LogP contribution in [0.4, 0.5) is 5.69 Å². The number of nitrogens with one attached hydrogen (secondary N) is 1. The monoisotopic (exact) mass is 194 g/mol. The average Bonchev–Trinajstić information content (AvgIpc) is 2.68. The van der Waals surface area contributed by atoms with Crippen molar-refractivity contribution in [3.8, 4) is 0 Å². The summed E-state index contributed by atoms with van der Waals surface area (Å²) in [4.78, 5) is 5.73. The standard InChI is InChI=1S/C11H18N2O/c1-2-3-10-11(4-5-12-10)13-6-8-14-9-7-13/h4-5,12H,2-3,6-9H2,1H3. The first kappa shape index (κ1) is 9.59. The SMILES string of the molecule is CCCc1[nH]ccc1N1CCOCC1. The van der Waals surface area contributed by atoms with Crippen molar-refractivity contribution in [1.29, 1.82) is 0 Å². The van der Waals surface area contributed by atoms with Crippen LogP contribution in [-0.4, -0.2) is 31.3 Å². The van der Waals surface area contributed by atoms with Gasteiger partial charge in [-0.3, -0.25) is 0 Å². The minimum absolute atomic E-state index is 0.858. The second-order valence-electron chi connectivity index (χ2n) is 3.69. The number of hydrogen-bond donors (Lipinski definition) is 1. The Morgan fingerprint density at radius 2 is 2.21 bits per heavy atom. The van der Waals surface area contributed by atoms with Crippen molar-refractivity contribution in [3.63, 3.8) is 0 Å². The molecule has 0 aromatic carbocycles. The largest absolute Gasteiger partial charge is 0.378 e. The van der Waals surface area contributed by atoms with E-state index >= 15 is 0 Å². The minimum Gasteiger partial charge on any atom is -0.378 e. The van der Waals surface area contributed by atoms with Gasteiger partial charge in [0.15, 0.2) is 0 Å². The van der Waals surface area contributed by atoms with Crippen LogP contribution in [0, 0.1) is 0 Å². The van der Waals surface area contributed by atoms with Crippen LogP contribution in [0.25, 0.3) is 0 Å². The second kappa shape index (κ2) is 4.51. The lowest BCUT2D eigenvalue weighted by Gasteiger charge is -2.28. The predicted octanol–water partition coefficient (Wildman–Crippen LogP) is 1.80. The Balaban J connectivity index is 2.09. The first-order valence-electron chi connectivity index (χ1n) is 5.40. The highest BCUT2D eigenvalue weighted by Crippen LogP contribution is 2.21. The molecular formula is C11H18N2O. The third-order valence-corrected chi connectivity index (χ3v) is 2.66. The predicted molar refractivity (Wildman–Crippen MR) is 57.8 cm³/mol. The molecule has 3 heteroatoms. The van der Waals surface area contributed by atoms with E-state index in [1.54, 1.807) is 0 Å². The molecule has 1 aromatic rings. The van der Waals surface area contributed by atoms with Crippen molar-refractivity contribution in [2.75, 3.05) is 31.2 Å². The summed E-state index contributed by atoms with van der Waals surface area (Å²) in [6.07, 6.45) is 4.37. The molecule has 0 bridgehead atoms. The number of aryl methyl sites for hydroxylation is 1. The summed E-state index contributed by atoms with van der Waals surface area (Å²) in [5.41, 5.74) is 2.74. The Hall–Kier alpha value is -0.960.